The Bertz CT molecular complexity index is 816. The van der Waals surface area contributed by atoms with Gasteiger partial charge in [0, 0.05) is 11.9 Å². The Morgan fingerprint density at radius 3 is 2.78 bits per heavy atom. The molecule has 0 aliphatic heterocycles. The molecule has 0 aliphatic rings. The number of nitrogens with zero attached hydrogens (tertiary/aromatic N) is 2. The highest BCUT2D eigenvalue weighted by atomic mass is 32.1. The molecule has 3 rings (SSSR count). The van der Waals surface area contributed by atoms with E-state index in [1.807, 2.05) is 43.3 Å². The number of ether oxygens (including phenoxy) is 1. The zero-order chi connectivity index (χ0) is 16.1. The molecule has 0 fully saturated rings. The Hall–Kier alpha value is -2.27. The molecular formula is C18H20N2O2S. The standard InChI is InChI=1S/C18H20N2O2S/c1-3-11-20-15(17-10-7-12-22-17)13-23-18(20)19-14-8-5-6-9-16(14)21-4-2/h5-10,12-13H,3-4,11H2,1-2H3. The average molecular weight is 328 g/mol. The largest absolute Gasteiger partial charge is 0.492 e. The van der Waals surface area contributed by atoms with Crippen LogP contribution in [0.1, 0.15) is 20.3 Å². The lowest BCUT2D eigenvalue weighted by molar-refractivity contribution is 0.341. The van der Waals surface area contributed by atoms with Gasteiger partial charge in [-0.25, -0.2) is 4.99 Å². The van der Waals surface area contributed by atoms with Crippen LogP contribution in [0.3, 0.4) is 0 Å². The van der Waals surface area contributed by atoms with Gasteiger partial charge in [0.1, 0.15) is 11.4 Å². The monoisotopic (exact) mass is 328 g/mol. The van der Waals surface area contributed by atoms with Crippen molar-refractivity contribution in [2.75, 3.05) is 6.61 Å². The molecule has 0 N–H and O–H groups in total. The fourth-order valence-corrected chi connectivity index (χ4v) is 3.34. The van der Waals surface area contributed by atoms with Gasteiger partial charge in [0.05, 0.1) is 18.6 Å². The molecule has 23 heavy (non-hydrogen) atoms. The Labute approximate surface area is 139 Å². The first-order valence-electron chi connectivity index (χ1n) is 7.82. The summed E-state index contributed by atoms with van der Waals surface area (Å²) in [5.41, 5.74) is 1.92. The summed E-state index contributed by atoms with van der Waals surface area (Å²) >= 11 is 1.62. The third kappa shape index (κ3) is 3.40. The minimum atomic E-state index is 0.629. The molecule has 120 valence electrons. The van der Waals surface area contributed by atoms with E-state index in [-0.39, 0.29) is 0 Å². The third-order valence-electron chi connectivity index (χ3n) is 3.40. The van der Waals surface area contributed by atoms with Gasteiger partial charge in [0.2, 0.25) is 0 Å². The first-order valence-corrected chi connectivity index (χ1v) is 8.70. The molecule has 0 aliphatic carbocycles. The fourth-order valence-electron chi connectivity index (χ4n) is 2.41. The quantitative estimate of drug-likeness (QED) is 0.649. The molecule has 0 atom stereocenters. The number of thiazole rings is 1. The molecule has 3 aromatic rings. The zero-order valence-electron chi connectivity index (χ0n) is 13.4. The maximum atomic E-state index is 5.67. The normalized spacial score (nSPS) is 11.8. The van der Waals surface area contributed by atoms with Crippen molar-refractivity contribution >= 4 is 17.0 Å². The molecule has 0 saturated carbocycles. The predicted octanol–water partition coefficient (Wildman–Crippen LogP) is 4.85. The van der Waals surface area contributed by atoms with Gasteiger partial charge < -0.3 is 13.7 Å². The molecule has 2 aromatic heterocycles. The highest BCUT2D eigenvalue weighted by Crippen LogP contribution is 2.27. The van der Waals surface area contributed by atoms with E-state index in [4.69, 9.17) is 14.1 Å². The van der Waals surface area contributed by atoms with Crippen molar-refractivity contribution in [1.29, 1.82) is 0 Å². The molecule has 0 unspecified atom stereocenters. The van der Waals surface area contributed by atoms with Gasteiger partial charge in [-0.15, -0.1) is 11.3 Å². The summed E-state index contributed by atoms with van der Waals surface area (Å²) in [5, 5.41) is 2.09. The number of furan rings is 1. The minimum Gasteiger partial charge on any atom is -0.492 e. The molecule has 0 bridgehead atoms. The van der Waals surface area contributed by atoms with E-state index in [0.29, 0.717) is 6.61 Å². The van der Waals surface area contributed by atoms with Crippen molar-refractivity contribution in [2.24, 2.45) is 4.99 Å². The predicted molar refractivity (Wildman–Crippen MR) is 93.1 cm³/mol. The number of rotatable bonds is 6. The van der Waals surface area contributed by atoms with Gasteiger partial charge in [-0.2, -0.15) is 0 Å². The van der Waals surface area contributed by atoms with Crippen molar-refractivity contribution in [3.63, 3.8) is 0 Å². The molecule has 0 radical (unpaired) electrons. The molecular weight excluding hydrogens is 308 g/mol. The lowest BCUT2D eigenvalue weighted by Gasteiger charge is -2.07. The number of para-hydroxylation sites is 2. The Kier molecular flexibility index (Phi) is 4.98. The second-order valence-corrected chi connectivity index (χ2v) is 5.88. The van der Waals surface area contributed by atoms with Crippen LogP contribution in [0.5, 0.6) is 5.75 Å². The smallest absolute Gasteiger partial charge is 0.190 e. The van der Waals surface area contributed by atoms with Crippen LogP contribution in [-0.4, -0.2) is 11.2 Å². The Morgan fingerprint density at radius 2 is 2.04 bits per heavy atom. The van der Waals surface area contributed by atoms with Gasteiger partial charge in [0.25, 0.3) is 0 Å². The van der Waals surface area contributed by atoms with Crippen LogP contribution in [0.25, 0.3) is 11.5 Å². The van der Waals surface area contributed by atoms with Crippen molar-refractivity contribution in [3.05, 3.63) is 52.8 Å². The minimum absolute atomic E-state index is 0.629. The van der Waals surface area contributed by atoms with Crippen LogP contribution in [0.4, 0.5) is 5.69 Å². The highest BCUT2D eigenvalue weighted by molar-refractivity contribution is 7.07. The number of aromatic nitrogens is 1. The van der Waals surface area contributed by atoms with Crippen LogP contribution in [0, 0.1) is 0 Å². The Balaban J connectivity index is 2.09. The van der Waals surface area contributed by atoms with Gasteiger partial charge in [-0.05, 0) is 37.6 Å². The van der Waals surface area contributed by atoms with Gasteiger partial charge in [0.15, 0.2) is 10.6 Å². The number of hydrogen-bond donors (Lipinski definition) is 0. The molecule has 0 spiro atoms. The highest BCUT2D eigenvalue weighted by Gasteiger charge is 2.10. The Morgan fingerprint density at radius 1 is 1.17 bits per heavy atom. The lowest BCUT2D eigenvalue weighted by atomic mass is 10.3. The summed E-state index contributed by atoms with van der Waals surface area (Å²) in [7, 11) is 0. The summed E-state index contributed by atoms with van der Waals surface area (Å²) in [4.78, 5) is 5.77. The molecule has 2 heterocycles. The van der Waals surface area contributed by atoms with E-state index in [2.05, 4.69) is 16.9 Å². The summed E-state index contributed by atoms with van der Waals surface area (Å²) in [6, 6.07) is 11.8. The van der Waals surface area contributed by atoms with Crippen molar-refractivity contribution < 1.29 is 9.15 Å². The average Bonchev–Trinajstić information content (AvgIpc) is 3.20. The maximum absolute atomic E-state index is 5.67. The van der Waals surface area contributed by atoms with E-state index in [0.717, 1.165) is 40.7 Å². The molecule has 1 aromatic carbocycles. The number of benzene rings is 1. The topological polar surface area (TPSA) is 39.7 Å². The molecule has 0 amide bonds. The lowest BCUT2D eigenvalue weighted by Crippen LogP contribution is -2.15. The third-order valence-corrected chi connectivity index (χ3v) is 4.26. The summed E-state index contributed by atoms with van der Waals surface area (Å²) in [6.45, 7) is 5.67. The van der Waals surface area contributed by atoms with Crippen molar-refractivity contribution in [2.45, 2.75) is 26.8 Å². The maximum Gasteiger partial charge on any atom is 0.190 e. The second-order valence-electron chi connectivity index (χ2n) is 5.04. The summed E-state index contributed by atoms with van der Waals surface area (Å²) < 4.78 is 13.4. The molecule has 0 saturated heterocycles. The second kappa shape index (κ2) is 7.33. The van der Waals surface area contributed by atoms with Crippen molar-refractivity contribution in [1.82, 2.24) is 4.57 Å². The van der Waals surface area contributed by atoms with Crippen LogP contribution in [0.15, 0.2) is 57.5 Å². The zero-order valence-corrected chi connectivity index (χ0v) is 14.2. The van der Waals surface area contributed by atoms with E-state index < -0.39 is 0 Å². The van der Waals surface area contributed by atoms with E-state index in [1.165, 1.54) is 0 Å². The summed E-state index contributed by atoms with van der Waals surface area (Å²) in [5.74, 6) is 1.68. The molecule has 5 heteroatoms. The SMILES string of the molecule is CCCn1c(-c2ccco2)csc1=Nc1ccccc1OCC. The van der Waals surface area contributed by atoms with Gasteiger partial charge in [-0.1, -0.05) is 19.1 Å². The van der Waals surface area contributed by atoms with E-state index >= 15 is 0 Å². The van der Waals surface area contributed by atoms with E-state index in [9.17, 15) is 0 Å². The van der Waals surface area contributed by atoms with E-state index in [1.54, 1.807) is 17.6 Å². The van der Waals surface area contributed by atoms with Gasteiger partial charge in [-0.3, -0.25) is 0 Å². The van der Waals surface area contributed by atoms with Crippen LogP contribution < -0.4 is 9.54 Å². The van der Waals surface area contributed by atoms with Crippen LogP contribution >= 0.6 is 11.3 Å². The van der Waals surface area contributed by atoms with Crippen LogP contribution in [-0.2, 0) is 6.54 Å². The summed E-state index contributed by atoms with van der Waals surface area (Å²) in [6.07, 6.45) is 2.73. The molecule has 4 nitrogen and oxygen atoms in total. The first-order chi connectivity index (χ1) is 11.3. The van der Waals surface area contributed by atoms with Gasteiger partial charge >= 0.3 is 0 Å². The first kappa shape index (κ1) is 15.6. The van der Waals surface area contributed by atoms with Crippen molar-refractivity contribution in [3.8, 4) is 17.2 Å². The fraction of sp³-hybridized carbons (Fsp3) is 0.278. The number of hydrogen-bond acceptors (Lipinski definition) is 4. The van der Waals surface area contributed by atoms with Crippen LogP contribution in [0.2, 0.25) is 0 Å².